The standard InChI is InChI=1S/C8H9ClN2O2/c1-11(2)8(12)13-6-3-4-10-7(9)5-6/h3-5H,1-2H3. The second-order valence-electron chi connectivity index (χ2n) is 2.58. The zero-order valence-corrected chi connectivity index (χ0v) is 8.08. The third-order valence-electron chi connectivity index (χ3n) is 1.27. The molecule has 1 amide bonds. The lowest BCUT2D eigenvalue weighted by molar-refractivity contribution is 0.172. The Morgan fingerprint density at radius 1 is 1.62 bits per heavy atom. The molecule has 0 aliphatic rings. The molecule has 0 aliphatic carbocycles. The quantitative estimate of drug-likeness (QED) is 0.650. The van der Waals surface area contributed by atoms with Crippen LogP contribution in [0.2, 0.25) is 5.15 Å². The van der Waals surface area contributed by atoms with Crippen molar-refractivity contribution in [1.29, 1.82) is 0 Å². The first-order chi connectivity index (χ1) is 6.09. The van der Waals surface area contributed by atoms with Gasteiger partial charge in [-0.3, -0.25) is 0 Å². The Morgan fingerprint density at radius 2 is 2.31 bits per heavy atom. The number of halogens is 1. The van der Waals surface area contributed by atoms with Crippen molar-refractivity contribution in [2.24, 2.45) is 0 Å². The number of rotatable bonds is 1. The van der Waals surface area contributed by atoms with Gasteiger partial charge in [-0.2, -0.15) is 0 Å². The summed E-state index contributed by atoms with van der Waals surface area (Å²) in [7, 11) is 3.20. The minimum atomic E-state index is -0.442. The molecule has 0 radical (unpaired) electrons. The molecule has 4 nitrogen and oxygen atoms in total. The van der Waals surface area contributed by atoms with Crippen LogP contribution >= 0.6 is 11.6 Å². The third-order valence-corrected chi connectivity index (χ3v) is 1.48. The van der Waals surface area contributed by atoms with Crippen molar-refractivity contribution < 1.29 is 9.53 Å². The minimum absolute atomic E-state index is 0.295. The Kier molecular flexibility index (Phi) is 3.08. The van der Waals surface area contributed by atoms with Crippen LogP contribution in [0.5, 0.6) is 5.75 Å². The molecule has 13 heavy (non-hydrogen) atoms. The first-order valence-corrected chi connectivity index (χ1v) is 3.98. The molecule has 70 valence electrons. The molecule has 0 atom stereocenters. The molecule has 5 heteroatoms. The van der Waals surface area contributed by atoms with E-state index in [4.69, 9.17) is 16.3 Å². The van der Waals surface area contributed by atoms with E-state index >= 15 is 0 Å². The number of hydrogen-bond donors (Lipinski definition) is 0. The van der Waals surface area contributed by atoms with Gasteiger partial charge in [-0.05, 0) is 6.07 Å². The molecule has 1 aromatic heterocycles. The van der Waals surface area contributed by atoms with Gasteiger partial charge in [0, 0.05) is 26.4 Å². The molecule has 1 rings (SSSR count). The number of hydrogen-bond acceptors (Lipinski definition) is 3. The van der Waals surface area contributed by atoms with Crippen molar-refractivity contribution in [1.82, 2.24) is 9.88 Å². The highest BCUT2D eigenvalue weighted by molar-refractivity contribution is 6.29. The molecule has 1 aromatic rings. The number of amides is 1. The second kappa shape index (κ2) is 4.09. The Bertz CT molecular complexity index is 315. The van der Waals surface area contributed by atoms with Crippen LogP contribution < -0.4 is 4.74 Å². The van der Waals surface area contributed by atoms with Crippen molar-refractivity contribution in [2.45, 2.75) is 0 Å². The third kappa shape index (κ3) is 2.91. The number of aromatic nitrogens is 1. The topological polar surface area (TPSA) is 42.4 Å². The van der Waals surface area contributed by atoms with Gasteiger partial charge in [0.15, 0.2) is 0 Å². The summed E-state index contributed by atoms with van der Waals surface area (Å²) >= 11 is 5.59. The largest absolute Gasteiger partial charge is 0.414 e. The summed E-state index contributed by atoms with van der Waals surface area (Å²) in [5, 5.41) is 0.295. The summed E-state index contributed by atoms with van der Waals surface area (Å²) in [5.74, 6) is 0.388. The van der Waals surface area contributed by atoms with Crippen LogP contribution in [0.3, 0.4) is 0 Å². The van der Waals surface area contributed by atoms with Crippen molar-refractivity contribution in [3.8, 4) is 5.75 Å². The molecule has 0 spiro atoms. The zero-order chi connectivity index (χ0) is 9.84. The van der Waals surface area contributed by atoms with Crippen molar-refractivity contribution in [3.05, 3.63) is 23.5 Å². The normalized spacial score (nSPS) is 9.46. The van der Waals surface area contributed by atoms with Crippen LogP contribution in [-0.2, 0) is 0 Å². The van der Waals surface area contributed by atoms with Crippen LogP contribution in [0.25, 0.3) is 0 Å². The van der Waals surface area contributed by atoms with Gasteiger partial charge in [0.05, 0.1) is 0 Å². The van der Waals surface area contributed by atoms with E-state index in [1.807, 2.05) is 0 Å². The van der Waals surface area contributed by atoms with Gasteiger partial charge < -0.3 is 9.64 Å². The maximum atomic E-state index is 11.1. The Hall–Kier alpha value is -1.29. The first-order valence-electron chi connectivity index (χ1n) is 3.60. The van der Waals surface area contributed by atoms with Crippen molar-refractivity contribution >= 4 is 17.7 Å². The van der Waals surface area contributed by atoms with Crippen LogP contribution in [0.4, 0.5) is 4.79 Å². The van der Waals surface area contributed by atoms with Gasteiger partial charge in [-0.1, -0.05) is 11.6 Å². The molecule has 0 bridgehead atoms. The van der Waals surface area contributed by atoms with Crippen LogP contribution in [0.15, 0.2) is 18.3 Å². The van der Waals surface area contributed by atoms with E-state index in [-0.39, 0.29) is 0 Å². The van der Waals surface area contributed by atoms with Gasteiger partial charge in [0.25, 0.3) is 0 Å². The zero-order valence-electron chi connectivity index (χ0n) is 7.32. The highest BCUT2D eigenvalue weighted by Gasteiger charge is 2.06. The van der Waals surface area contributed by atoms with Crippen LogP contribution in [0, 0.1) is 0 Å². The predicted octanol–water partition coefficient (Wildman–Crippen LogP) is 1.80. The molecule has 1 heterocycles. The number of nitrogens with zero attached hydrogens (tertiary/aromatic N) is 2. The fraction of sp³-hybridized carbons (Fsp3) is 0.250. The van der Waals surface area contributed by atoms with Crippen LogP contribution in [-0.4, -0.2) is 30.1 Å². The Labute approximate surface area is 81.1 Å². The Morgan fingerprint density at radius 3 is 2.85 bits per heavy atom. The molecule has 0 fully saturated rings. The maximum Gasteiger partial charge on any atom is 0.414 e. The first kappa shape index (κ1) is 9.80. The van der Waals surface area contributed by atoms with Gasteiger partial charge in [-0.25, -0.2) is 9.78 Å². The Balaban J connectivity index is 2.69. The van der Waals surface area contributed by atoms with E-state index in [0.717, 1.165) is 0 Å². The minimum Gasteiger partial charge on any atom is -0.410 e. The molecule has 0 aliphatic heterocycles. The second-order valence-corrected chi connectivity index (χ2v) is 2.96. The number of ether oxygens (including phenoxy) is 1. The molecule has 0 saturated carbocycles. The molecule has 0 N–H and O–H groups in total. The average Bonchev–Trinajstić information content (AvgIpc) is 2.04. The van der Waals surface area contributed by atoms with Crippen LogP contribution in [0.1, 0.15) is 0 Å². The molecular formula is C8H9ClN2O2. The SMILES string of the molecule is CN(C)C(=O)Oc1ccnc(Cl)c1. The highest BCUT2D eigenvalue weighted by atomic mass is 35.5. The van der Waals surface area contributed by atoms with Crippen molar-refractivity contribution in [2.75, 3.05) is 14.1 Å². The van der Waals surface area contributed by atoms with E-state index < -0.39 is 6.09 Å². The lowest BCUT2D eigenvalue weighted by Crippen LogP contribution is -2.25. The summed E-state index contributed by atoms with van der Waals surface area (Å²) in [6.45, 7) is 0. The summed E-state index contributed by atoms with van der Waals surface area (Å²) < 4.78 is 4.92. The smallest absolute Gasteiger partial charge is 0.410 e. The van der Waals surface area contributed by atoms with E-state index in [9.17, 15) is 4.79 Å². The number of carbonyl (C=O) groups is 1. The van der Waals surface area contributed by atoms with E-state index in [2.05, 4.69) is 4.98 Å². The lowest BCUT2D eigenvalue weighted by Gasteiger charge is -2.10. The lowest BCUT2D eigenvalue weighted by atomic mass is 10.4. The molecular weight excluding hydrogens is 192 g/mol. The van der Waals surface area contributed by atoms with E-state index in [0.29, 0.717) is 10.9 Å². The summed E-state index contributed by atoms with van der Waals surface area (Å²) in [5.41, 5.74) is 0. The number of carbonyl (C=O) groups excluding carboxylic acids is 1. The van der Waals surface area contributed by atoms with Crippen molar-refractivity contribution in [3.63, 3.8) is 0 Å². The van der Waals surface area contributed by atoms with Gasteiger partial charge >= 0.3 is 6.09 Å². The predicted molar refractivity (Wildman–Crippen MR) is 49.0 cm³/mol. The highest BCUT2D eigenvalue weighted by Crippen LogP contribution is 2.14. The fourth-order valence-electron chi connectivity index (χ4n) is 0.640. The fourth-order valence-corrected chi connectivity index (χ4v) is 0.804. The summed E-state index contributed by atoms with van der Waals surface area (Å²) in [6, 6.07) is 3.04. The summed E-state index contributed by atoms with van der Waals surface area (Å²) in [4.78, 5) is 16.1. The van der Waals surface area contributed by atoms with E-state index in [1.54, 1.807) is 20.2 Å². The monoisotopic (exact) mass is 200 g/mol. The van der Waals surface area contributed by atoms with E-state index in [1.165, 1.54) is 17.2 Å². The maximum absolute atomic E-state index is 11.1. The van der Waals surface area contributed by atoms with Gasteiger partial charge in [0.2, 0.25) is 0 Å². The van der Waals surface area contributed by atoms with Gasteiger partial charge in [0.1, 0.15) is 10.9 Å². The molecule has 0 aromatic carbocycles. The average molecular weight is 201 g/mol. The molecule has 0 saturated heterocycles. The van der Waals surface area contributed by atoms with Gasteiger partial charge in [-0.15, -0.1) is 0 Å². The number of pyridine rings is 1. The molecule has 0 unspecified atom stereocenters. The summed E-state index contributed by atoms with van der Waals surface area (Å²) in [6.07, 6.45) is 1.03.